The van der Waals surface area contributed by atoms with E-state index in [1.54, 1.807) is 0 Å². The first-order chi connectivity index (χ1) is 3.31. The summed E-state index contributed by atoms with van der Waals surface area (Å²) in [5.41, 5.74) is 6.38. The van der Waals surface area contributed by atoms with Gasteiger partial charge < -0.3 is 0 Å². The van der Waals surface area contributed by atoms with E-state index in [4.69, 9.17) is 5.53 Å². The third-order valence-electron chi connectivity index (χ3n) is 0.596. The van der Waals surface area contributed by atoms with Crippen molar-refractivity contribution in [3.63, 3.8) is 0 Å². The maximum atomic E-state index is 6.38. The second-order valence-corrected chi connectivity index (χ2v) is 2.09. The van der Waals surface area contributed by atoms with Gasteiger partial charge in [0.25, 0.3) is 0 Å². The van der Waals surface area contributed by atoms with E-state index in [-0.39, 0.29) is 0 Å². The molecule has 0 aliphatic heterocycles. The Bertz CT molecular complexity index is 87.7. The predicted octanol–water partition coefficient (Wildman–Crippen LogP) is 2.59. The van der Waals surface area contributed by atoms with Gasteiger partial charge in [-0.15, -0.1) is 4.52 Å². The average Bonchev–Trinajstić information content (AvgIpc) is 1.68. The van der Waals surface area contributed by atoms with E-state index in [0.29, 0.717) is 0 Å². The molecule has 0 bridgehead atoms. The first kappa shape index (κ1) is 6.69. The van der Waals surface area contributed by atoms with Crippen LogP contribution in [0.15, 0.2) is 15.5 Å². The fourth-order valence-corrected chi connectivity index (χ4v) is 0.374. The molecule has 0 spiro atoms. The first-order valence-corrected chi connectivity index (χ1v) is 2.75. The number of rotatable bonds is 2. The van der Waals surface area contributed by atoms with E-state index >= 15 is 0 Å². The van der Waals surface area contributed by atoms with Crippen molar-refractivity contribution in [2.24, 2.45) is 4.52 Å². The largest absolute Gasteiger partial charge is 0.197 e. The molecule has 3 heteroatoms. The molecule has 0 aromatic rings. The lowest BCUT2D eigenvalue weighted by Gasteiger charge is -1.83. The maximum Gasteiger partial charge on any atom is 0.0284 e. The monoisotopic (exact) mass is 116 g/mol. The Labute approximate surface area is 47.6 Å². The number of allylic oxidation sites excluding steroid dienone is 2. The quantitative estimate of drug-likeness (QED) is 0.437. The summed E-state index contributed by atoms with van der Waals surface area (Å²) in [5, 5.41) is 0. The van der Waals surface area contributed by atoms with Gasteiger partial charge in [0.05, 0.1) is 0 Å². The zero-order valence-electron chi connectivity index (χ0n) is 4.43. The van der Waals surface area contributed by atoms with Crippen LogP contribution in [0.25, 0.3) is 0 Å². The molecular formula is C4H8N2S. The van der Waals surface area contributed by atoms with E-state index < -0.39 is 0 Å². The topological polar surface area (TPSA) is 36.2 Å². The van der Waals surface area contributed by atoms with Gasteiger partial charge in [-0.1, -0.05) is 6.08 Å². The fraction of sp³-hybridized carbons (Fsp3) is 0.500. The molecule has 0 aromatic carbocycles. The molecule has 0 rings (SSSR count). The molecule has 2 nitrogen and oxygen atoms in total. The van der Waals surface area contributed by atoms with Gasteiger partial charge in [-0.25, -0.2) is 0 Å². The Morgan fingerprint density at radius 3 is 2.57 bits per heavy atom. The van der Waals surface area contributed by atoms with Gasteiger partial charge in [-0.2, -0.15) is 5.53 Å². The molecule has 0 unspecified atom stereocenters. The highest BCUT2D eigenvalue weighted by Crippen LogP contribution is 2.13. The highest BCUT2D eigenvalue weighted by atomic mass is 32.2. The number of hydrogen-bond donors (Lipinski definition) is 1. The van der Waals surface area contributed by atoms with E-state index in [1.807, 2.05) is 19.9 Å². The summed E-state index contributed by atoms with van der Waals surface area (Å²) in [6.45, 7) is 3.84. The van der Waals surface area contributed by atoms with Crippen molar-refractivity contribution >= 4 is 11.9 Å². The third kappa shape index (κ3) is 3.52. The van der Waals surface area contributed by atoms with Gasteiger partial charge in [-0.05, 0) is 13.8 Å². The van der Waals surface area contributed by atoms with Crippen molar-refractivity contribution in [1.29, 1.82) is 5.53 Å². The third-order valence-corrected chi connectivity index (χ3v) is 1.21. The minimum absolute atomic E-state index is 1.06. The van der Waals surface area contributed by atoms with Gasteiger partial charge in [-0.3, -0.25) is 0 Å². The van der Waals surface area contributed by atoms with E-state index in [9.17, 15) is 0 Å². The Kier molecular flexibility index (Phi) is 3.69. The van der Waals surface area contributed by atoms with Crippen LogP contribution in [-0.4, -0.2) is 0 Å². The maximum absolute atomic E-state index is 6.38. The summed E-state index contributed by atoms with van der Waals surface area (Å²) < 4.78 is 3.10. The van der Waals surface area contributed by atoms with Crippen molar-refractivity contribution in [3.8, 4) is 0 Å². The molecule has 0 amide bonds. The minimum atomic E-state index is 1.06. The Balaban J connectivity index is 3.36. The van der Waals surface area contributed by atoms with Crippen LogP contribution in [0.5, 0.6) is 0 Å². The normalized spacial score (nSPS) is 11.4. The summed E-state index contributed by atoms with van der Waals surface area (Å²) in [5.74, 6) is 0. The van der Waals surface area contributed by atoms with Crippen LogP contribution < -0.4 is 0 Å². The van der Waals surface area contributed by atoms with Crippen LogP contribution >= 0.6 is 11.9 Å². The first-order valence-electron chi connectivity index (χ1n) is 1.98. The molecule has 0 fully saturated rings. The SMILES string of the molecule is C/C=C(/C)SN=N. The molecule has 0 aromatic heterocycles. The zero-order chi connectivity index (χ0) is 5.70. The van der Waals surface area contributed by atoms with Crippen molar-refractivity contribution in [1.82, 2.24) is 0 Å². The van der Waals surface area contributed by atoms with Gasteiger partial charge in [0, 0.05) is 16.9 Å². The standard InChI is InChI=1S/C4H8N2S/c1-3-4(2)7-6-5/h3,5H,1-2H3/b4-3-,6-5?. The predicted molar refractivity (Wildman–Crippen MR) is 32.2 cm³/mol. The lowest BCUT2D eigenvalue weighted by atomic mass is 10.6. The van der Waals surface area contributed by atoms with Crippen LogP contribution in [0, 0.1) is 5.53 Å². The smallest absolute Gasteiger partial charge is 0.0284 e. The van der Waals surface area contributed by atoms with Crippen molar-refractivity contribution < 1.29 is 0 Å². The Morgan fingerprint density at radius 1 is 1.86 bits per heavy atom. The van der Waals surface area contributed by atoms with Crippen LogP contribution in [-0.2, 0) is 0 Å². The number of nitrogens with zero attached hydrogens (tertiary/aromatic N) is 1. The zero-order valence-corrected chi connectivity index (χ0v) is 5.25. The van der Waals surface area contributed by atoms with E-state index in [0.717, 1.165) is 4.91 Å². The molecule has 0 atom stereocenters. The number of nitrogens with one attached hydrogen (secondary N) is 1. The summed E-state index contributed by atoms with van der Waals surface area (Å²) in [6.07, 6.45) is 1.92. The summed E-state index contributed by atoms with van der Waals surface area (Å²) in [7, 11) is 0. The van der Waals surface area contributed by atoms with Gasteiger partial charge in [0.15, 0.2) is 0 Å². The van der Waals surface area contributed by atoms with E-state index in [2.05, 4.69) is 4.52 Å². The molecule has 40 valence electrons. The highest BCUT2D eigenvalue weighted by Gasteiger charge is 1.79. The molecule has 0 radical (unpaired) electrons. The van der Waals surface area contributed by atoms with Gasteiger partial charge in [0.2, 0.25) is 0 Å². The van der Waals surface area contributed by atoms with Crippen LogP contribution in [0.1, 0.15) is 13.8 Å². The molecule has 0 aliphatic rings. The lowest BCUT2D eigenvalue weighted by Crippen LogP contribution is -1.55. The molecule has 1 N–H and O–H groups in total. The van der Waals surface area contributed by atoms with Crippen LogP contribution in [0.3, 0.4) is 0 Å². The molecular weight excluding hydrogens is 108 g/mol. The summed E-state index contributed by atoms with van der Waals surface area (Å²) >= 11 is 1.18. The fourth-order valence-electron chi connectivity index (χ4n) is 0.125. The van der Waals surface area contributed by atoms with Crippen LogP contribution in [0.2, 0.25) is 0 Å². The lowest BCUT2D eigenvalue weighted by molar-refractivity contribution is 1.25. The molecule has 0 aliphatic carbocycles. The minimum Gasteiger partial charge on any atom is -0.197 e. The molecule has 7 heavy (non-hydrogen) atoms. The van der Waals surface area contributed by atoms with Crippen molar-refractivity contribution in [2.45, 2.75) is 13.8 Å². The van der Waals surface area contributed by atoms with Crippen molar-refractivity contribution in [2.75, 3.05) is 0 Å². The van der Waals surface area contributed by atoms with E-state index in [1.165, 1.54) is 11.9 Å². The van der Waals surface area contributed by atoms with Gasteiger partial charge in [0.1, 0.15) is 0 Å². The number of hydrogen-bond acceptors (Lipinski definition) is 3. The average molecular weight is 116 g/mol. The second-order valence-electron chi connectivity index (χ2n) is 1.08. The summed E-state index contributed by atoms with van der Waals surface area (Å²) in [4.78, 5) is 1.06. The summed E-state index contributed by atoms with van der Waals surface area (Å²) in [6, 6.07) is 0. The van der Waals surface area contributed by atoms with Crippen molar-refractivity contribution in [3.05, 3.63) is 11.0 Å². The Hall–Kier alpha value is -0.310. The molecule has 0 saturated heterocycles. The molecule has 0 heterocycles. The van der Waals surface area contributed by atoms with Gasteiger partial charge >= 0.3 is 0 Å². The second kappa shape index (κ2) is 3.87. The highest BCUT2D eigenvalue weighted by molar-refractivity contribution is 8.01. The van der Waals surface area contributed by atoms with Crippen LogP contribution in [0.4, 0.5) is 0 Å². The Morgan fingerprint density at radius 2 is 2.43 bits per heavy atom. The molecule has 0 saturated carbocycles.